The standard InChI is InChI=1S/C16H27N5O2/c1-6-8-18-15(23)12-13(17)21-11(10(2)20-12)14(22)19-9-7-16(3,4)5/h6-9H2,1-5H3,(H2,17,21)(H,18,23)(H,19,22). The Balaban J connectivity index is 2.83. The lowest BCUT2D eigenvalue weighted by Gasteiger charge is -2.18. The smallest absolute Gasteiger partial charge is 0.273 e. The molecule has 0 aliphatic carbocycles. The molecule has 7 heteroatoms. The van der Waals surface area contributed by atoms with E-state index < -0.39 is 0 Å². The predicted molar refractivity (Wildman–Crippen MR) is 90.2 cm³/mol. The molecule has 1 aromatic heterocycles. The number of carbonyl (C=O) groups is 2. The van der Waals surface area contributed by atoms with E-state index in [1.807, 2.05) is 6.92 Å². The van der Waals surface area contributed by atoms with Gasteiger partial charge < -0.3 is 16.4 Å². The number of nitrogens with zero attached hydrogens (tertiary/aromatic N) is 2. The van der Waals surface area contributed by atoms with Crippen LogP contribution in [0.5, 0.6) is 0 Å². The molecule has 0 fully saturated rings. The topological polar surface area (TPSA) is 110 Å². The number of aromatic nitrogens is 2. The van der Waals surface area contributed by atoms with Crippen LogP contribution in [0.3, 0.4) is 0 Å². The van der Waals surface area contributed by atoms with Crippen molar-refractivity contribution in [2.75, 3.05) is 18.8 Å². The van der Waals surface area contributed by atoms with Crippen LogP contribution >= 0.6 is 0 Å². The van der Waals surface area contributed by atoms with Gasteiger partial charge in [0.05, 0.1) is 5.69 Å². The lowest BCUT2D eigenvalue weighted by atomic mass is 9.92. The summed E-state index contributed by atoms with van der Waals surface area (Å²) >= 11 is 0. The summed E-state index contributed by atoms with van der Waals surface area (Å²) in [5.74, 6) is -0.740. The zero-order chi connectivity index (χ0) is 17.6. The predicted octanol–water partition coefficient (Wildman–Crippen LogP) is 1.67. The van der Waals surface area contributed by atoms with Gasteiger partial charge in [-0.15, -0.1) is 0 Å². The molecule has 128 valence electrons. The molecule has 0 radical (unpaired) electrons. The molecular formula is C16H27N5O2. The number of carbonyl (C=O) groups excluding carboxylic acids is 2. The van der Waals surface area contributed by atoms with E-state index in [0.29, 0.717) is 18.8 Å². The number of hydrogen-bond donors (Lipinski definition) is 3. The largest absolute Gasteiger partial charge is 0.382 e. The Hall–Kier alpha value is -2.18. The molecule has 1 heterocycles. The van der Waals surface area contributed by atoms with Crippen molar-refractivity contribution >= 4 is 17.6 Å². The molecule has 0 spiro atoms. The van der Waals surface area contributed by atoms with Gasteiger partial charge in [-0.1, -0.05) is 27.7 Å². The maximum absolute atomic E-state index is 12.2. The van der Waals surface area contributed by atoms with E-state index in [2.05, 4.69) is 41.4 Å². The number of nitrogens with one attached hydrogen (secondary N) is 2. The molecule has 0 aromatic carbocycles. The molecule has 4 N–H and O–H groups in total. The van der Waals surface area contributed by atoms with Crippen molar-refractivity contribution < 1.29 is 9.59 Å². The van der Waals surface area contributed by atoms with Crippen molar-refractivity contribution in [1.29, 1.82) is 0 Å². The minimum atomic E-state index is -0.375. The van der Waals surface area contributed by atoms with Crippen LogP contribution in [0.15, 0.2) is 0 Å². The first-order valence-electron chi connectivity index (χ1n) is 7.86. The zero-order valence-corrected chi connectivity index (χ0v) is 14.6. The van der Waals surface area contributed by atoms with Crippen LogP contribution in [0.2, 0.25) is 0 Å². The van der Waals surface area contributed by atoms with Crippen molar-refractivity contribution in [3.8, 4) is 0 Å². The molecule has 0 saturated heterocycles. The molecule has 0 bridgehead atoms. The Morgan fingerprint density at radius 1 is 1.04 bits per heavy atom. The van der Waals surface area contributed by atoms with Crippen molar-refractivity contribution in [2.45, 2.75) is 47.5 Å². The normalized spacial score (nSPS) is 11.2. The van der Waals surface area contributed by atoms with Gasteiger partial charge in [-0.3, -0.25) is 9.59 Å². The molecule has 0 saturated carbocycles. The Morgan fingerprint density at radius 2 is 1.61 bits per heavy atom. The number of aryl methyl sites for hydroxylation is 1. The minimum absolute atomic E-state index is 0.0369. The third kappa shape index (κ3) is 5.84. The van der Waals surface area contributed by atoms with E-state index in [4.69, 9.17) is 5.73 Å². The Kier molecular flexibility index (Phi) is 6.48. The minimum Gasteiger partial charge on any atom is -0.382 e. The summed E-state index contributed by atoms with van der Waals surface area (Å²) in [6.07, 6.45) is 1.66. The van der Waals surface area contributed by atoms with Gasteiger partial charge in [-0.05, 0) is 25.2 Å². The summed E-state index contributed by atoms with van der Waals surface area (Å²) in [7, 11) is 0. The van der Waals surface area contributed by atoms with Crippen LogP contribution in [0, 0.1) is 12.3 Å². The molecule has 1 rings (SSSR count). The van der Waals surface area contributed by atoms with E-state index in [-0.39, 0.29) is 34.4 Å². The van der Waals surface area contributed by atoms with Crippen molar-refractivity contribution in [2.24, 2.45) is 5.41 Å². The highest BCUT2D eigenvalue weighted by Gasteiger charge is 2.19. The Bertz CT molecular complexity index is 579. The van der Waals surface area contributed by atoms with Gasteiger partial charge in [-0.25, -0.2) is 9.97 Å². The van der Waals surface area contributed by atoms with E-state index in [1.165, 1.54) is 0 Å². The van der Waals surface area contributed by atoms with E-state index >= 15 is 0 Å². The van der Waals surface area contributed by atoms with E-state index in [0.717, 1.165) is 12.8 Å². The van der Waals surface area contributed by atoms with Crippen LogP contribution in [0.1, 0.15) is 67.2 Å². The number of rotatable bonds is 6. The average Bonchev–Trinajstić information content (AvgIpc) is 2.45. The summed E-state index contributed by atoms with van der Waals surface area (Å²) in [5.41, 5.74) is 6.51. The summed E-state index contributed by atoms with van der Waals surface area (Å²) in [4.78, 5) is 32.3. The first kappa shape index (κ1) is 18.9. The van der Waals surface area contributed by atoms with Crippen molar-refractivity contribution in [3.63, 3.8) is 0 Å². The van der Waals surface area contributed by atoms with Crippen LogP contribution in [0.4, 0.5) is 5.82 Å². The third-order valence-corrected chi connectivity index (χ3v) is 3.22. The number of amides is 2. The fourth-order valence-corrected chi connectivity index (χ4v) is 1.87. The second-order valence-corrected chi connectivity index (χ2v) is 6.71. The van der Waals surface area contributed by atoms with Crippen molar-refractivity contribution in [1.82, 2.24) is 20.6 Å². The van der Waals surface area contributed by atoms with Gasteiger partial charge in [0.1, 0.15) is 0 Å². The monoisotopic (exact) mass is 321 g/mol. The van der Waals surface area contributed by atoms with Gasteiger partial charge in [-0.2, -0.15) is 0 Å². The summed E-state index contributed by atoms with van der Waals surface area (Å²) < 4.78 is 0. The quantitative estimate of drug-likeness (QED) is 0.738. The van der Waals surface area contributed by atoms with Crippen LogP contribution < -0.4 is 16.4 Å². The van der Waals surface area contributed by atoms with Crippen molar-refractivity contribution in [3.05, 3.63) is 17.1 Å². The van der Waals surface area contributed by atoms with Crippen LogP contribution in [-0.2, 0) is 0 Å². The molecule has 0 atom stereocenters. The molecule has 23 heavy (non-hydrogen) atoms. The Morgan fingerprint density at radius 3 is 2.17 bits per heavy atom. The molecule has 0 unspecified atom stereocenters. The summed E-state index contributed by atoms with van der Waals surface area (Å²) in [6, 6.07) is 0. The van der Waals surface area contributed by atoms with Gasteiger partial charge in [0.15, 0.2) is 17.2 Å². The molecule has 0 aliphatic heterocycles. The molecule has 1 aromatic rings. The molecule has 7 nitrogen and oxygen atoms in total. The molecule has 0 aliphatic rings. The lowest BCUT2D eigenvalue weighted by Crippen LogP contribution is -2.31. The Labute approximate surface area is 137 Å². The number of nitrogen functional groups attached to an aromatic ring is 1. The van der Waals surface area contributed by atoms with Gasteiger partial charge in [0.2, 0.25) is 0 Å². The van der Waals surface area contributed by atoms with Gasteiger partial charge in [0, 0.05) is 13.1 Å². The van der Waals surface area contributed by atoms with E-state index in [9.17, 15) is 9.59 Å². The third-order valence-electron chi connectivity index (χ3n) is 3.22. The second kappa shape index (κ2) is 7.89. The highest BCUT2D eigenvalue weighted by Crippen LogP contribution is 2.17. The van der Waals surface area contributed by atoms with E-state index in [1.54, 1.807) is 6.92 Å². The number of nitrogens with two attached hydrogens (primary N) is 1. The number of hydrogen-bond acceptors (Lipinski definition) is 5. The number of anilines is 1. The zero-order valence-electron chi connectivity index (χ0n) is 14.6. The first-order valence-corrected chi connectivity index (χ1v) is 7.86. The first-order chi connectivity index (χ1) is 10.7. The highest BCUT2D eigenvalue weighted by atomic mass is 16.2. The van der Waals surface area contributed by atoms with Gasteiger partial charge in [0.25, 0.3) is 11.8 Å². The van der Waals surface area contributed by atoms with Gasteiger partial charge >= 0.3 is 0 Å². The maximum Gasteiger partial charge on any atom is 0.273 e. The highest BCUT2D eigenvalue weighted by molar-refractivity contribution is 5.98. The SMILES string of the molecule is CCCNC(=O)c1nc(C)c(C(=O)NCCC(C)(C)C)nc1N. The summed E-state index contributed by atoms with van der Waals surface area (Å²) in [5, 5.41) is 5.50. The second-order valence-electron chi connectivity index (χ2n) is 6.71. The average molecular weight is 321 g/mol. The maximum atomic E-state index is 12.2. The summed E-state index contributed by atoms with van der Waals surface area (Å²) in [6.45, 7) is 11.0. The fourth-order valence-electron chi connectivity index (χ4n) is 1.87. The van der Waals surface area contributed by atoms with Crippen LogP contribution in [0.25, 0.3) is 0 Å². The molecule has 2 amide bonds. The fraction of sp³-hybridized carbons (Fsp3) is 0.625. The molecular weight excluding hydrogens is 294 g/mol. The lowest BCUT2D eigenvalue weighted by molar-refractivity contribution is 0.0931. The van der Waals surface area contributed by atoms with Crippen LogP contribution in [-0.4, -0.2) is 34.9 Å².